The first kappa shape index (κ1) is 23.5. The molecule has 0 aliphatic carbocycles. The van der Waals surface area contributed by atoms with E-state index in [-0.39, 0.29) is 31.3 Å². The molecule has 0 saturated heterocycles. The first-order valence-electron chi connectivity index (χ1n) is 11.5. The Balaban J connectivity index is 1.50. The average Bonchev–Trinajstić information content (AvgIpc) is 3.44. The van der Waals surface area contributed by atoms with E-state index in [4.69, 9.17) is 14.2 Å². The summed E-state index contributed by atoms with van der Waals surface area (Å²) in [5, 5.41) is 19.2. The fraction of sp³-hybridized carbons (Fsp3) is 0.346. The maximum Gasteiger partial charge on any atom is 0.378 e. The number of aliphatic hydroxyl groups excluding tert-OH is 1. The first-order chi connectivity index (χ1) is 16.6. The maximum atomic E-state index is 12.7. The standard InChI is InChI=1S/C26H29N3O5/c1-2-3-14-21-15-29(28-27-21)16-22(30)23-24(32-17-19-10-6-4-7-11-19)25(26(31)34-23)33-18-20-12-8-5-9-13-20/h4-13,15,22-23,30H,2-3,14,16-18H2,1H3/t22-,23+/m0/s1. The molecular weight excluding hydrogens is 434 g/mol. The van der Waals surface area contributed by atoms with E-state index in [1.165, 1.54) is 0 Å². The van der Waals surface area contributed by atoms with Crippen molar-refractivity contribution in [2.75, 3.05) is 0 Å². The minimum Gasteiger partial charge on any atom is -0.485 e. The molecule has 0 bridgehead atoms. The second-order valence-electron chi connectivity index (χ2n) is 8.17. The first-order valence-corrected chi connectivity index (χ1v) is 11.5. The number of unbranched alkanes of at least 4 members (excludes halogenated alkanes) is 1. The number of ether oxygens (including phenoxy) is 3. The van der Waals surface area contributed by atoms with Crippen LogP contribution >= 0.6 is 0 Å². The Kier molecular flexibility index (Phi) is 7.93. The van der Waals surface area contributed by atoms with Crippen LogP contribution in [-0.4, -0.2) is 38.3 Å². The molecule has 0 saturated carbocycles. The molecule has 1 aromatic heterocycles. The van der Waals surface area contributed by atoms with Gasteiger partial charge in [0.15, 0.2) is 11.9 Å². The Bertz CT molecular complexity index is 1100. The second-order valence-corrected chi connectivity index (χ2v) is 8.17. The van der Waals surface area contributed by atoms with Gasteiger partial charge in [-0.05, 0) is 24.0 Å². The van der Waals surface area contributed by atoms with Crippen LogP contribution in [0.5, 0.6) is 0 Å². The smallest absolute Gasteiger partial charge is 0.378 e. The van der Waals surface area contributed by atoms with Gasteiger partial charge >= 0.3 is 5.97 Å². The second kappa shape index (κ2) is 11.5. The Morgan fingerprint density at radius 2 is 1.68 bits per heavy atom. The third kappa shape index (κ3) is 6.02. The maximum absolute atomic E-state index is 12.7. The van der Waals surface area contributed by atoms with Crippen LogP contribution in [0.15, 0.2) is 78.4 Å². The van der Waals surface area contributed by atoms with Crippen molar-refractivity contribution in [2.24, 2.45) is 0 Å². The fourth-order valence-corrected chi connectivity index (χ4v) is 3.64. The molecule has 1 aliphatic heterocycles. The average molecular weight is 464 g/mol. The third-order valence-electron chi connectivity index (χ3n) is 5.46. The number of aryl methyl sites for hydroxylation is 1. The van der Waals surface area contributed by atoms with Gasteiger partial charge in [-0.1, -0.05) is 79.2 Å². The molecule has 178 valence electrons. The number of aromatic nitrogens is 3. The van der Waals surface area contributed by atoms with Gasteiger partial charge in [-0.2, -0.15) is 0 Å². The highest BCUT2D eigenvalue weighted by Crippen LogP contribution is 2.29. The van der Waals surface area contributed by atoms with E-state index in [2.05, 4.69) is 17.2 Å². The fourth-order valence-electron chi connectivity index (χ4n) is 3.64. The number of cyclic esters (lactones) is 1. The van der Waals surface area contributed by atoms with Crippen molar-refractivity contribution in [1.29, 1.82) is 0 Å². The number of esters is 1. The molecular formula is C26H29N3O5. The number of hydrogen-bond acceptors (Lipinski definition) is 7. The van der Waals surface area contributed by atoms with Crippen LogP contribution in [0.4, 0.5) is 0 Å². The van der Waals surface area contributed by atoms with Gasteiger partial charge in [0, 0.05) is 6.20 Å². The molecule has 0 amide bonds. The summed E-state index contributed by atoms with van der Waals surface area (Å²) in [5.41, 5.74) is 2.68. The van der Waals surface area contributed by atoms with Gasteiger partial charge < -0.3 is 19.3 Å². The number of carbonyl (C=O) groups excluding carboxylic acids is 1. The topological polar surface area (TPSA) is 95.7 Å². The van der Waals surface area contributed by atoms with Gasteiger partial charge in [0.05, 0.1) is 12.2 Å². The number of nitrogens with zero attached hydrogens (tertiary/aromatic N) is 3. The Labute approximate surface area is 198 Å². The number of aliphatic hydroxyl groups is 1. The van der Waals surface area contributed by atoms with Gasteiger partial charge in [-0.15, -0.1) is 5.10 Å². The van der Waals surface area contributed by atoms with Crippen molar-refractivity contribution >= 4 is 5.97 Å². The summed E-state index contributed by atoms with van der Waals surface area (Å²) >= 11 is 0. The zero-order valence-corrected chi connectivity index (χ0v) is 19.2. The van der Waals surface area contributed by atoms with E-state index in [0.717, 1.165) is 36.1 Å². The van der Waals surface area contributed by atoms with Gasteiger partial charge in [0.2, 0.25) is 5.76 Å². The Morgan fingerprint density at radius 3 is 2.32 bits per heavy atom. The van der Waals surface area contributed by atoms with Gasteiger partial charge in [0.1, 0.15) is 19.3 Å². The summed E-state index contributed by atoms with van der Waals surface area (Å²) in [6.45, 7) is 2.60. The SMILES string of the molecule is CCCCc1cn(C[C@H](O)[C@H]2OC(=O)C(OCc3ccccc3)=C2OCc2ccccc2)nn1. The van der Waals surface area contributed by atoms with Crippen LogP contribution in [0.25, 0.3) is 0 Å². The Hall–Kier alpha value is -3.65. The highest BCUT2D eigenvalue weighted by molar-refractivity contribution is 5.89. The van der Waals surface area contributed by atoms with Crippen molar-refractivity contribution in [2.45, 2.75) is 58.2 Å². The lowest BCUT2D eigenvalue weighted by Gasteiger charge is -2.20. The molecule has 0 unspecified atom stereocenters. The van der Waals surface area contributed by atoms with E-state index >= 15 is 0 Å². The molecule has 1 aliphatic rings. The van der Waals surface area contributed by atoms with Crippen LogP contribution < -0.4 is 0 Å². The summed E-state index contributed by atoms with van der Waals surface area (Å²) < 4.78 is 18.9. The highest BCUT2D eigenvalue weighted by Gasteiger charge is 2.42. The number of carbonyl (C=O) groups is 1. The minimum atomic E-state index is -1.09. The van der Waals surface area contributed by atoms with Crippen LogP contribution in [0, 0.1) is 0 Å². The zero-order chi connectivity index (χ0) is 23.8. The molecule has 3 aromatic rings. The minimum absolute atomic E-state index is 0.0222. The normalized spacial score (nSPS) is 16.4. The predicted octanol–water partition coefficient (Wildman–Crippen LogP) is 3.55. The van der Waals surface area contributed by atoms with Crippen molar-refractivity contribution in [3.8, 4) is 0 Å². The lowest BCUT2D eigenvalue weighted by Crippen LogP contribution is -2.33. The largest absolute Gasteiger partial charge is 0.485 e. The van der Waals surface area contributed by atoms with Gasteiger partial charge in [0.25, 0.3) is 0 Å². The quantitative estimate of drug-likeness (QED) is 0.410. The molecule has 0 spiro atoms. The van der Waals surface area contributed by atoms with Crippen LogP contribution in [-0.2, 0) is 45.2 Å². The summed E-state index contributed by atoms with van der Waals surface area (Å²) in [6, 6.07) is 19.1. The third-order valence-corrected chi connectivity index (χ3v) is 5.46. The van der Waals surface area contributed by atoms with Crippen LogP contribution in [0.1, 0.15) is 36.6 Å². The van der Waals surface area contributed by atoms with E-state index in [9.17, 15) is 9.90 Å². The van der Waals surface area contributed by atoms with Gasteiger partial charge in [-0.3, -0.25) is 0 Å². The summed E-state index contributed by atoms with van der Waals surface area (Å²) in [4.78, 5) is 12.7. The summed E-state index contributed by atoms with van der Waals surface area (Å²) in [7, 11) is 0. The predicted molar refractivity (Wildman–Crippen MR) is 124 cm³/mol. The van der Waals surface area contributed by atoms with E-state index in [1.807, 2.05) is 60.7 Å². The molecule has 2 heterocycles. The molecule has 8 nitrogen and oxygen atoms in total. The van der Waals surface area contributed by atoms with Crippen molar-refractivity contribution < 1.29 is 24.1 Å². The highest BCUT2D eigenvalue weighted by atomic mass is 16.6. The van der Waals surface area contributed by atoms with Crippen LogP contribution in [0.3, 0.4) is 0 Å². The Morgan fingerprint density at radius 1 is 1.03 bits per heavy atom. The summed E-state index contributed by atoms with van der Waals surface area (Å²) in [5.74, 6) is -0.500. The lowest BCUT2D eigenvalue weighted by molar-refractivity contribution is -0.148. The molecule has 4 rings (SSSR count). The van der Waals surface area contributed by atoms with Crippen molar-refractivity contribution in [1.82, 2.24) is 15.0 Å². The lowest BCUT2D eigenvalue weighted by atomic mass is 10.1. The molecule has 2 atom stereocenters. The zero-order valence-electron chi connectivity index (χ0n) is 19.2. The van der Waals surface area contributed by atoms with E-state index < -0.39 is 18.2 Å². The molecule has 34 heavy (non-hydrogen) atoms. The number of benzene rings is 2. The monoisotopic (exact) mass is 463 g/mol. The summed E-state index contributed by atoms with van der Waals surface area (Å²) in [6.07, 6.45) is 2.61. The van der Waals surface area contributed by atoms with Crippen molar-refractivity contribution in [3.63, 3.8) is 0 Å². The van der Waals surface area contributed by atoms with E-state index in [0.29, 0.717) is 0 Å². The number of hydrogen-bond donors (Lipinski definition) is 1. The molecule has 8 heteroatoms. The number of rotatable bonds is 12. The molecule has 2 aromatic carbocycles. The van der Waals surface area contributed by atoms with E-state index in [1.54, 1.807) is 10.9 Å². The van der Waals surface area contributed by atoms with Gasteiger partial charge in [-0.25, -0.2) is 9.48 Å². The molecule has 1 N–H and O–H groups in total. The molecule has 0 fully saturated rings. The van der Waals surface area contributed by atoms with Crippen LogP contribution in [0.2, 0.25) is 0 Å². The van der Waals surface area contributed by atoms with Crippen molar-refractivity contribution in [3.05, 3.63) is 95.2 Å². The molecule has 0 radical (unpaired) electrons.